The van der Waals surface area contributed by atoms with Gasteiger partial charge in [0.1, 0.15) is 18.5 Å². The number of aromatic nitrogens is 1. The van der Waals surface area contributed by atoms with Crippen LogP contribution in [0.15, 0.2) is 54.7 Å². The molecule has 3 nitrogen and oxygen atoms in total. The summed E-state index contributed by atoms with van der Waals surface area (Å²) in [6.07, 6.45) is 4.95. The molecule has 0 amide bonds. The zero-order chi connectivity index (χ0) is 29.2. The zero-order valence-corrected chi connectivity index (χ0v) is 25.8. The van der Waals surface area contributed by atoms with E-state index in [1.54, 1.807) is 0 Å². The van der Waals surface area contributed by atoms with Gasteiger partial charge < -0.3 is 4.74 Å². The second-order valence-corrected chi connectivity index (χ2v) is 13.7. The van der Waals surface area contributed by atoms with Gasteiger partial charge in [0.2, 0.25) is 5.69 Å². The number of hydrogen-bond donors (Lipinski definition) is 0. The number of nitriles is 1. The van der Waals surface area contributed by atoms with Crippen molar-refractivity contribution in [1.82, 2.24) is 0 Å². The Hall–Kier alpha value is -3.90. The molecular weight excluding hydrogens is 500 g/mol. The molecule has 41 heavy (non-hydrogen) atoms. The van der Waals surface area contributed by atoms with Crippen LogP contribution in [0.2, 0.25) is 0 Å². The molecule has 0 N–H and O–H groups in total. The van der Waals surface area contributed by atoms with Crippen molar-refractivity contribution >= 4 is 32.3 Å². The Morgan fingerprint density at radius 1 is 0.854 bits per heavy atom. The largest absolute Gasteiger partial charge is 0.455 e. The fourth-order valence-electron chi connectivity index (χ4n) is 6.80. The number of hydrogen-bond acceptors (Lipinski definition) is 2. The molecule has 1 aromatic heterocycles. The number of fused-ring (bicyclic) bond motifs is 5. The third-order valence-corrected chi connectivity index (χ3v) is 8.61. The van der Waals surface area contributed by atoms with Gasteiger partial charge in [-0.3, -0.25) is 0 Å². The Morgan fingerprint density at radius 3 is 2.27 bits per heavy atom. The van der Waals surface area contributed by atoms with E-state index >= 15 is 0 Å². The lowest BCUT2D eigenvalue weighted by molar-refractivity contribution is -0.659. The first-order chi connectivity index (χ1) is 19.5. The van der Waals surface area contributed by atoms with Crippen molar-refractivity contribution in [3.63, 3.8) is 0 Å². The van der Waals surface area contributed by atoms with E-state index in [1.165, 1.54) is 60.4 Å². The summed E-state index contributed by atoms with van der Waals surface area (Å²) in [6.45, 7) is 15.5. The lowest BCUT2D eigenvalue weighted by atomic mass is 9.84. The van der Waals surface area contributed by atoms with E-state index in [-0.39, 0.29) is 0 Å². The predicted octanol–water partition coefficient (Wildman–Crippen LogP) is 9.54. The second kappa shape index (κ2) is 9.88. The van der Waals surface area contributed by atoms with E-state index in [1.807, 2.05) is 13.8 Å². The summed E-state index contributed by atoms with van der Waals surface area (Å²) in [6, 6.07) is 20.6. The molecule has 0 spiro atoms. The van der Waals surface area contributed by atoms with Crippen molar-refractivity contribution in [2.24, 2.45) is 24.3 Å². The minimum Gasteiger partial charge on any atom is -0.455 e. The first-order valence-corrected chi connectivity index (χ1v) is 15.0. The summed E-state index contributed by atoms with van der Waals surface area (Å²) in [5.41, 5.74) is 7.21. The van der Waals surface area contributed by atoms with Gasteiger partial charge in [-0.1, -0.05) is 64.1 Å². The quantitative estimate of drug-likeness (QED) is 0.155. The van der Waals surface area contributed by atoms with E-state index in [0.717, 1.165) is 36.1 Å². The number of benzene rings is 4. The molecule has 2 heterocycles. The Morgan fingerprint density at radius 2 is 1.56 bits per heavy atom. The molecule has 0 fully saturated rings. The Bertz CT molecular complexity index is 1900. The first kappa shape index (κ1) is 27.3. The molecule has 0 radical (unpaired) electrons. The highest BCUT2D eigenvalue weighted by Crippen LogP contribution is 2.52. The van der Waals surface area contributed by atoms with Crippen molar-refractivity contribution < 1.29 is 9.30 Å². The topological polar surface area (TPSA) is 36.9 Å². The fourth-order valence-corrected chi connectivity index (χ4v) is 6.80. The molecule has 0 unspecified atom stereocenters. The van der Waals surface area contributed by atoms with E-state index in [4.69, 9.17) is 4.74 Å². The van der Waals surface area contributed by atoms with Crippen LogP contribution in [0, 0.1) is 35.5 Å². The minimum absolute atomic E-state index is 0.409. The number of pyridine rings is 1. The van der Waals surface area contributed by atoms with E-state index in [2.05, 4.69) is 107 Å². The van der Waals surface area contributed by atoms with Crippen LogP contribution in [0.3, 0.4) is 0 Å². The van der Waals surface area contributed by atoms with Gasteiger partial charge in [0, 0.05) is 17.0 Å². The predicted molar refractivity (Wildman–Crippen MR) is 171 cm³/mol. The fraction of sp³-hybridized carbons (Fsp3) is 0.368. The Kier molecular flexibility index (Phi) is 6.57. The molecule has 1 aliphatic rings. The maximum atomic E-state index is 9.64. The van der Waals surface area contributed by atoms with E-state index in [9.17, 15) is 5.26 Å². The average Bonchev–Trinajstić information content (AvgIpc) is 2.91. The van der Waals surface area contributed by atoms with Crippen LogP contribution in [-0.4, -0.2) is 0 Å². The maximum absolute atomic E-state index is 9.64. The first-order valence-electron chi connectivity index (χ1n) is 15.0. The normalized spacial score (nSPS) is 12.8. The SMILES string of the molecule is Cc1c2c(c(CC(C)C)c3ccc(CC(C)C)cc13)Oc1cc3ccc(CC(C)(C)C#N)cc3c3cc[n+](C)c-2c13. The molecule has 0 saturated carbocycles. The van der Waals surface area contributed by atoms with Crippen LogP contribution >= 0.6 is 0 Å². The summed E-state index contributed by atoms with van der Waals surface area (Å²) >= 11 is 0. The molecule has 4 aromatic carbocycles. The molecule has 0 bridgehead atoms. The summed E-state index contributed by atoms with van der Waals surface area (Å²) in [5, 5.41) is 17.0. The molecule has 3 heteroatoms. The van der Waals surface area contributed by atoms with Crippen LogP contribution in [0.1, 0.15) is 63.8 Å². The second-order valence-electron chi connectivity index (χ2n) is 13.7. The maximum Gasteiger partial charge on any atom is 0.228 e. The van der Waals surface area contributed by atoms with Crippen LogP contribution in [0.4, 0.5) is 0 Å². The number of aryl methyl sites for hydroxylation is 2. The third-order valence-electron chi connectivity index (χ3n) is 8.61. The Labute approximate surface area is 244 Å². The van der Waals surface area contributed by atoms with Crippen molar-refractivity contribution in [2.45, 2.75) is 67.7 Å². The van der Waals surface area contributed by atoms with E-state index in [0.29, 0.717) is 11.8 Å². The highest BCUT2D eigenvalue weighted by Gasteiger charge is 2.33. The standard InChI is InChI=1S/C38H41N2O/c1-22(2)15-25-10-12-28-30(17-25)24(5)34-36-35-29(13-14-40(36)8)31-18-26(20-38(6,7)21-39)9-11-27(31)19-33(35)41-37(34)32(28)16-23(3)4/h9-14,17-19,22-23H,15-16,20H2,1-8H3/q+1. The van der Waals surface area contributed by atoms with Crippen LogP contribution in [0.5, 0.6) is 11.5 Å². The van der Waals surface area contributed by atoms with Crippen molar-refractivity contribution in [3.05, 3.63) is 77.0 Å². The highest BCUT2D eigenvalue weighted by atomic mass is 16.5. The Balaban J connectivity index is 1.68. The summed E-state index contributed by atoms with van der Waals surface area (Å²) in [5.74, 6) is 3.06. The molecule has 1 aliphatic heterocycles. The van der Waals surface area contributed by atoms with Gasteiger partial charge in [-0.15, -0.1) is 0 Å². The van der Waals surface area contributed by atoms with Gasteiger partial charge >= 0.3 is 0 Å². The monoisotopic (exact) mass is 541 g/mol. The van der Waals surface area contributed by atoms with Crippen molar-refractivity contribution in [3.8, 4) is 28.8 Å². The van der Waals surface area contributed by atoms with Gasteiger partial charge in [-0.25, -0.2) is 4.57 Å². The highest BCUT2D eigenvalue weighted by molar-refractivity contribution is 6.16. The van der Waals surface area contributed by atoms with Crippen LogP contribution < -0.4 is 9.30 Å². The molecule has 5 aromatic rings. The van der Waals surface area contributed by atoms with Crippen molar-refractivity contribution in [1.29, 1.82) is 5.26 Å². The molecule has 0 aliphatic carbocycles. The van der Waals surface area contributed by atoms with Gasteiger partial charge in [-0.05, 0) is 96.2 Å². The van der Waals surface area contributed by atoms with Gasteiger partial charge in [0.05, 0.1) is 22.4 Å². The van der Waals surface area contributed by atoms with Gasteiger partial charge in [-0.2, -0.15) is 5.26 Å². The van der Waals surface area contributed by atoms with Gasteiger partial charge in [0.25, 0.3) is 0 Å². The number of rotatable bonds is 6. The third kappa shape index (κ3) is 4.64. The van der Waals surface area contributed by atoms with E-state index < -0.39 is 5.41 Å². The molecule has 0 atom stereocenters. The summed E-state index contributed by atoms with van der Waals surface area (Å²) in [4.78, 5) is 0. The minimum atomic E-state index is -0.409. The van der Waals surface area contributed by atoms with Crippen LogP contribution in [0.25, 0.3) is 43.6 Å². The summed E-state index contributed by atoms with van der Waals surface area (Å²) in [7, 11) is 2.16. The average molecular weight is 542 g/mol. The number of ether oxygens (including phenoxy) is 1. The number of nitrogens with zero attached hydrogens (tertiary/aromatic N) is 2. The van der Waals surface area contributed by atoms with Gasteiger partial charge in [0.15, 0.2) is 6.20 Å². The zero-order valence-electron chi connectivity index (χ0n) is 25.8. The molecular formula is C38H41N2O+. The molecule has 6 rings (SSSR count). The molecule has 0 saturated heterocycles. The smallest absolute Gasteiger partial charge is 0.228 e. The molecule has 208 valence electrons. The summed E-state index contributed by atoms with van der Waals surface area (Å²) < 4.78 is 9.28. The lowest BCUT2D eigenvalue weighted by Gasteiger charge is -2.26. The van der Waals surface area contributed by atoms with Crippen LogP contribution in [-0.2, 0) is 26.3 Å². The lowest BCUT2D eigenvalue weighted by Crippen LogP contribution is -2.32. The van der Waals surface area contributed by atoms with Crippen molar-refractivity contribution in [2.75, 3.05) is 0 Å².